The van der Waals surface area contributed by atoms with Crippen LogP contribution in [-0.2, 0) is 13.0 Å². The Kier molecular flexibility index (Phi) is 3.49. The molecule has 1 heterocycles. The molecule has 0 fully saturated rings. The zero-order valence-corrected chi connectivity index (χ0v) is 9.87. The average molecular weight is 279 g/mol. The summed E-state index contributed by atoms with van der Waals surface area (Å²) in [6.45, 7) is 7.38. The highest BCUT2D eigenvalue weighted by molar-refractivity contribution is 14.1. The maximum Gasteiger partial charge on any atom is 0.122 e. The molecule has 0 bridgehead atoms. The Labute approximate surface area is 86.7 Å². The predicted octanol–water partition coefficient (Wildman–Crippen LogP) is 2.10. The van der Waals surface area contributed by atoms with E-state index in [0.29, 0.717) is 5.92 Å². The molecule has 0 amide bonds. The van der Waals surface area contributed by atoms with Gasteiger partial charge in [0.25, 0.3) is 0 Å². The Morgan fingerprint density at radius 2 is 2.17 bits per heavy atom. The lowest BCUT2D eigenvalue weighted by atomic mass is 10.1. The van der Waals surface area contributed by atoms with Gasteiger partial charge in [-0.3, -0.25) is 0 Å². The summed E-state index contributed by atoms with van der Waals surface area (Å²) in [5.74, 6) is 0.653. The third-order valence-corrected chi connectivity index (χ3v) is 2.82. The smallest absolute Gasteiger partial charge is 0.122 e. The highest BCUT2D eigenvalue weighted by atomic mass is 127. The zero-order chi connectivity index (χ0) is 9.14. The fraction of sp³-hybridized carbons (Fsp3) is 0.750. The van der Waals surface area contributed by atoms with E-state index in [4.69, 9.17) is 0 Å². The van der Waals surface area contributed by atoms with Crippen LogP contribution in [0.5, 0.6) is 0 Å². The van der Waals surface area contributed by atoms with Crippen LogP contribution in [0.1, 0.15) is 26.5 Å². The van der Waals surface area contributed by atoms with Crippen LogP contribution in [0.25, 0.3) is 0 Å². The van der Waals surface area contributed by atoms with Gasteiger partial charge in [-0.25, -0.2) is 4.68 Å². The van der Waals surface area contributed by atoms with Crippen LogP contribution in [-0.4, -0.2) is 15.0 Å². The molecule has 4 heteroatoms. The number of nitrogens with zero attached hydrogens (tertiary/aromatic N) is 3. The average Bonchev–Trinajstić information content (AvgIpc) is 2.32. The Morgan fingerprint density at radius 1 is 1.50 bits per heavy atom. The van der Waals surface area contributed by atoms with E-state index in [1.54, 1.807) is 0 Å². The van der Waals surface area contributed by atoms with Crippen molar-refractivity contribution in [1.82, 2.24) is 15.0 Å². The van der Waals surface area contributed by atoms with E-state index in [1.807, 2.05) is 4.68 Å². The summed E-state index contributed by atoms with van der Waals surface area (Å²) in [5.41, 5.74) is 1.13. The van der Waals surface area contributed by atoms with Crippen molar-refractivity contribution in [2.75, 3.05) is 0 Å². The molecule has 68 valence electrons. The van der Waals surface area contributed by atoms with Crippen LogP contribution in [0.15, 0.2) is 0 Å². The lowest BCUT2D eigenvalue weighted by Crippen LogP contribution is -2.01. The molecule has 0 N–H and O–H groups in total. The second-order valence-electron chi connectivity index (χ2n) is 3.24. The van der Waals surface area contributed by atoms with Gasteiger partial charge in [-0.1, -0.05) is 19.1 Å². The van der Waals surface area contributed by atoms with Crippen LogP contribution in [0.3, 0.4) is 0 Å². The molecule has 0 saturated carbocycles. The molecular formula is C8H14IN3. The number of aromatic nitrogens is 3. The number of halogens is 1. The Balaban J connectivity index is 2.80. The van der Waals surface area contributed by atoms with Gasteiger partial charge in [0.1, 0.15) is 3.70 Å². The lowest BCUT2D eigenvalue weighted by molar-refractivity contribution is 0.614. The molecule has 0 unspecified atom stereocenters. The standard InChI is InChI=1S/C8H14IN3/c1-4-12-8(9)7(10-11-12)5-6(2)3/h6H,4-5H2,1-3H3. The van der Waals surface area contributed by atoms with Crippen molar-refractivity contribution >= 4 is 22.6 Å². The SMILES string of the molecule is CCn1nnc(CC(C)C)c1I. The first-order valence-electron chi connectivity index (χ1n) is 4.23. The third-order valence-electron chi connectivity index (χ3n) is 1.64. The van der Waals surface area contributed by atoms with E-state index >= 15 is 0 Å². The largest absolute Gasteiger partial charge is 0.239 e. The van der Waals surface area contributed by atoms with E-state index in [0.717, 1.165) is 18.7 Å². The summed E-state index contributed by atoms with van der Waals surface area (Å²) in [6.07, 6.45) is 1.03. The van der Waals surface area contributed by atoms with Gasteiger partial charge in [-0.15, -0.1) is 5.10 Å². The van der Waals surface area contributed by atoms with E-state index < -0.39 is 0 Å². The molecule has 0 saturated heterocycles. The van der Waals surface area contributed by atoms with Crippen molar-refractivity contribution in [3.63, 3.8) is 0 Å². The van der Waals surface area contributed by atoms with Crippen LogP contribution in [0.4, 0.5) is 0 Å². The summed E-state index contributed by atoms with van der Waals surface area (Å²) in [4.78, 5) is 0. The van der Waals surface area contributed by atoms with E-state index in [-0.39, 0.29) is 0 Å². The zero-order valence-electron chi connectivity index (χ0n) is 7.71. The van der Waals surface area contributed by atoms with Gasteiger partial charge in [0.2, 0.25) is 0 Å². The minimum Gasteiger partial charge on any atom is -0.239 e. The minimum atomic E-state index is 0.653. The van der Waals surface area contributed by atoms with Crippen molar-refractivity contribution in [2.24, 2.45) is 5.92 Å². The fourth-order valence-electron chi connectivity index (χ4n) is 1.05. The molecule has 1 aromatic rings. The van der Waals surface area contributed by atoms with Crippen LogP contribution >= 0.6 is 22.6 Å². The Morgan fingerprint density at radius 3 is 2.58 bits per heavy atom. The first-order valence-corrected chi connectivity index (χ1v) is 5.30. The summed E-state index contributed by atoms with van der Waals surface area (Å²) in [6, 6.07) is 0. The summed E-state index contributed by atoms with van der Waals surface area (Å²) in [5, 5.41) is 8.18. The molecule has 0 aliphatic rings. The molecule has 12 heavy (non-hydrogen) atoms. The van der Waals surface area contributed by atoms with Crippen molar-refractivity contribution in [2.45, 2.75) is 33.7 Å². The topological polar surface area (TPSA) is 30.7 Å². The summed E-state index contributed by atoms with van der Waals surface area (Å²) >= 11 is 2.31. The second kappa shape index (κ2) is 4.20. The van der Waals surface area contributed by atoms with Gasteiger partial charge in [0, 0.05) is 6.54 Å². The Hall–Kier alpha value is -0.130. The van der Waals surface area contributed by atoms with Crippen LogP contribution in [0.2, 0.25) is 0 Å². The molecular weight excluding hydrogens is 265 g/mol. The second-order valence-corrected chi connectivity index (χ2v) is 4.26. The molecule has 1 rings (SSSR count). The summed E-state index contributed by atoms with van der Waals surface area (Å²) < 4.78 is 3.11. The monoisotopic (exact) mass is 279 g/mol. The van der Waals surface area contributed by atoms with Gasteiger partial charge in [-0.2, -0.15) is 0 Å². The fourth-order valence-corrected chi connectivity index (χ4v) is 1.82. The van der Waals surface area contributed by atoms with Gasteiger partial charge in [-0.05, 0) is 41.9 Å². The normalized spacial score (nSPS) is 11.1. The lowest BCUT2D eigenvalue weighted by Gasteiger charge is -2.00. The Bertz CT molecular complexity index is 255. The van der Waals surface area contributed by atoms with Crippen molar-refractivity contribution in [3.8, 4) is 0 Å². The molecule has 0 aromatic carbocycles. The molecule has 0 spiro atoms. The van der Waals surface area contributed by atoms with Gasteiger partial charge in [0.05, 0.1) is 5.69 Å². The van der Waals surface area contributed by atoms with E-state index in [9.17, 15) is 0 Å². The van der Waals surface area contributed by atoms with Crippen molar-refractivity contribution in [3.05, 3.63) is 9.39 Å². The van der Waals surface area contributed by atoms with Gasteiger partial charge in [0.15, 0.2) is 0 Å². The maximum absolute atomic E-state index is 4.13. The predicted molar refractivity (Wildman–Crippen MR) is 57.0 cm³/mol. The number of rotatable bonds is 3. The molecule has 0 aliphatic carbocycles. The molecule has 1 aromatic heterocycles. The summed E-state index contributed by atoms with van der Waals surface area (Å²) in [7, 11) is 0. The highest BCUT2D eigenvalue weighted by Crippen LogP contribution is 2.12. The van der Waals surface area contributed by atoms with Crippen molar-refractivity contribution < 1.29 is 0 Å². The van der Waals surface area contributed by atoms with Gasteiger partial charge >= 0.3 is 0 Å². The first-order chi connectivity index (χ1) is 5.65. The molecule has 0 atom stereocenters. The number of hydrogen-bond acceptors (Lipinski definition) is 2. The highest BCUT2D eigenvalue weighted by Gasteiger charge is 2.09. The van der Waals surface area contributed by atoms with E-state index in [1.165, 1.54) is 3.70 Å². The molecule has 3 nitrogen and oxygen atoms in total. The number of hydrogen-bond donors (Lipinski definition) is 0. The molecule has 0 aliphatic heterocycles. The third kappa shape index (κ3) is 2.18. The quantitative estimate of drug-likeness (QED) is 0.793. The van der Waals surface area contributed by atoms with Crippen molar-refractivity contribution in [1.29, 1.82) is 0 Å². The minimum absolute atomic E-state index is 0.653. The molecule has 0 radical (unpaired) electrons. The van der Waals surface area contributed by atoms with Crippen LogP contribution < -0.4 is 0 Å². The maximum atomic E-state index is 4.13. The van der Waals surface area contributed by atoms with Gasteiger partial charge < -0.3 is 0 Å². The van der Waals surface area contributed by atoms with E-state index in [2.05, 4.69) is 53.7 Å². The number of aryl methyl sites for hydroxylation is 1. The first kappa shape index (κ1) is 9.95. The van der Waals surface area contributed by atoms with Crippen LogP contribution in [0, 0.1) is 9.62 Å².